The molecule has 0 aliphatic carbocycles. The number of hydrogen-bond donors (Lipinski definition) is 2. The quantitative estimate of drug-likeness (QED) is 0.412. The van der Waals surface area contributed by atoms with Crippen LogP contribution < -0.4 is 10.6 Å². The summed E-state index contributed by atoms with van der Waals surface area (Å²) in [5, 5.41) is 6.34. The second-order valence-corrected chi connectivity index (χ2v) is 5.09. The van der Waals surface area contributed by atoms with Gasteiger partial charge in [-0.2, -0.15) is 0 Å². The summed E-state index contributed by atoms with van der Waals surface area (Å²) < 4.78 is 18.6. The Labute approximate surface area is 132 Å². The number of benzene rings is 1. The molecule has 0 radical (unpaired) electrons. The van der Waals surface area contributed by atoms with E-state index in [9.17, 15) is 4.39 Å². The van der Waals surface area contributed by atoms with E-state index in [1.165, 1.54) is 6.07 Å². The van der Waals surface area contributed by atoms with Gasteiger partial charge in [-0.25, -0.2) is 4.39 Å². The van der Waals surface area contributed by atoms with E-state index in [2.05, 4.69) is 27.6 Å². The van der Waals surface area contributed by atoms with E-state index < -0.39 is 0 Å². The minimum Gasteiger partial charge on any atom is -0.383 e. The van der Waals surface area contributed by atoms with Crippen LogP contribution in [-0.2, 0) is 11.3 Å². The number of guanidine groups is 1. The van der Waals surface area contributed by atoms with Gasteiger partial charge >= 0.3 is 0 Å². The number of nitrogens with one attached hydrogen (secondary N) is 2. The fraction of sp³-hybridized carbons (Fsp3) is 0.562. The number of rotatable bonds is 9. The smallest absolute Gasteiger partial charge is 0.191 e. The second kappa shape index (κ2) is 11.0. The molecule has 6 heteroatoms. The van der Waals surface area contributed by atoms with Gasteiger partial charge in [0.05, 0.1) is 6.61 Å². The molecule has 2 N–H and O–H groups in total. The Hall–Kier alpha value is -1.66. The maximum absolute atomic E-state index is 13.5. The number of ether oxygens (including phenoxy) is 1. The van der Waals surface area contributed by atoms with Crippen LogP contribution in [0.25, 0.3) is 0 Å². The number of hydrogen-bond acceptors (Lipinski definition) is 3. The normalized spacial score (nSPS) is 11.8. The van der Waals surface area contributed by atoms with Crippen molar-refractivity contribution in [3.8, 4) is 0 Å². The molecule has 0 saturated heterocycles. The van der Waals surface area contributed by atoms with Crippen molar-refractivity contribution in [2.45, 2.75) is 13.0 Å². The van der Waals surface area contributed by atoms with Crippen LogP contribution in [0.4, 0.5) is 4.39 Å². The van der Waals surface area contributed by atoms with Crippen LogP contribution in [0.15, 0.2) is 29.3 Å². The Balaban J connectivity index is 2.22. The number of likely N-dealkylation sites (N-methyl/N-ethyl adjacent to an activating group) is 1. The standard InChI is InChI=1S/C16H27FN4O/c1-18-16(19-9-6-10-21(2)11-12-22-3)20-13-14-7-4-5-8-15(14)17/h4-5,7-8H,6,9-13H2,1-3H3,(H2,18,19,20). The first-order valence-corrected chi connectivity index (χ1v) is 7.52. The molecule has 0 unspecified atom stereocenters. The minimum atomic E-state index is -0.203. The lowest BCUT2D eigenvalue weighted by atomic mass is 10.2. The summed E-state index contributed by atoms with van der Waals surface area (Å²) >= 11 is 0. The highest BCUT2D eigenvalue weighted by atomic mass is 19.1. The van der Waals surface area contributed by atoms with E-state index >= 15 is 0 Å². The molecule has 124 valence electrons. The molecule has 0 atom stereocenters. The number of halogens is 1. The minimum absolute atomic E-state index is 0.203. The average molecular weight is 310 g/mol. The van der Waals surface area contributed by atoms with Gasteiger partial charge < -0.3 is 20.3 Å². The molecular weight excluding hydrogens is 283 g/mol. The van der Waals surface area contributed by atoms with Crippen molar-refractivity contribution in [3.05, 3.63) is 35.6 Å². The molecule has 0 fully saturated rings. The Bertz CT molecular complexity index is 454. The molecule has 1 rings (SSSR count). The van der Waals surface area contributed by atoms with Crippen molar-refractivity contribution in [3.63, 3.8) is 0 Å². The molecule has 0 amide bonds. The van der Waals surface area contributed by atoms with Crippen LogP contribution in [0.1, 0.15) is 12.0 Å². The summed E-state index contributed by atoms with van der Waals surface area (Å²) in [7, 11) is 5.49. The summed E-state index contributed by atoms with van der Waals surface area (Å²) in [4.78, 5) is 6.36. The third kappa shape index (κ3) is 7.38. The van der Waals surface area contributed by atoms with Crippen LogP contribution in [0.2, 0.25) is 0 Å². The molecule has 0 aromatic heterocycles. The monoisotopic (exact) mass is 310 g/mol. The van der Waals surface area contributed by atoms with E-state index in [1.807, 2.05) is 6.07 Å². The summed E-state index contributed by atoms with van der Waals surface area (Å²) in [6.07, 6.45) is 1.00. The summed E-state index contributed by atoms with van der Waals surface area (Å²) in [5.74, 6) is 0.480. The zero-order chi connectivity index (χ0) is 16.2. The third-order valence-corrected chi connectivity index (χ3v) is 3.31. The van der Waals surface area contributed by atoms with Gasteiger partial charge in [-0.05, 0) is 26.1 Å². The molecular formula is C16H27FN4O. The van der Waals surface area contributed by atoms with Crippen LogP contribution in [0.3, 0.4) is 0 Å². The Morgan fingerprint density at radius 3 is 2.73 bits per heavy atom. The fourth-order valence-corrected chi connectivity index (χ4v) is 1.96. The first-order chi connectivity index (χ1) is 10.7. The summed E-state index contributed by atoms with van der Waals surface area (Å²) in [6.45, 7) is 3.89. The summed E-state index contributed by atoms with van der Waals surface area (Å²) in [5.41, 5.74) is 0.629. The molecule has 22 heavy (non-hydrogen) atoms. The second-order valence-electron chi connectivity index (χ2n) is 5.09. The molecule has 0 heterocycles. The van der Waals surface area contributed by atoms with Gasteiger partial charge in [0.2, 0.25) is 0 Å². The third-order valence-electron chi connectivity index (χ3n) is 3.31. The Morgan fingerprint density at radius 1 is 1.27 bits per heavy atom. The maximum atomic E-state index is 13.5. The van der Waals surface area contributed by atoms with Gasteiger partial charge in [0.15, 0.2) is 5.96 Å². The van der Waals surface area contributed by atoms with Gasteiger partial charge in [0.25, 0.3) is 0 Å². The van der Waals surface area contributed by atoms with Crippen molar-refractivity contribution in [1.82, 2.24) is 15.5 Å². The van der Waals surface area contributed by atoms with Crippen molar-refractivity contribution < 1.29 is 9.13 Å². The van der Waals surface area contributed by atoms with E-state index in [0.29, 0.717) is 18.1 Å². The molecule has 0 saturated carbocycles. The predicted octanol–water partition coefficient (Wildman–Crippen LogP) is 1.46. The average Bonchev–Trinajstić information content (AvgIpc) is 2.53. The lowest BCUT2D eigenvalue weighted by Gasteiger charge is -2.17. The molecule has 0 bridgehead atoms. The van der Waals surface area contributed by atoms with Gasteiger partial charge in [-0.3, -0.25) is 4.99 Å². The highest BCUT2D eigenvalue weighted by Gasteiger charge is 2.03. The van der Waals surface area contributed by atoms with E-state index in [0.717, 1.165) is 32.7 Å². The maximum Gasteiger partial charge on any atom is 0.191 e. The van der Waals surface area contributed by atoms with E-state index in [-0.39, 0.29) is 5.82 Å². The van der Waals surface area contributed by atoms with E-state index in [1.54, 1.807) is 26.3 Å². The molecule has 1 aromatic carbocycles. The molecule has 0 aliphatic heterocycles. The zero-order valence-corrected chi connectivity index (χ0v) is 13.7. The first-order valence-electron chi connectivity index (χ1n) is 7.52. The van der Waals surface area contributed by atoms with E-state index in [4.69, 9.17) is 4.74 Å². The highest BCUT2D eigenvalue weighted by Crippen LogP contribution is 2.05. The molecule has 1 aromatic rings. The molecule has 0 spiro atoms. The Morgan fingerprint density at radius 2 is 2.05 bits per heavy atom. The summed E-state index contributed by atoms with van der Waals surface area (Å²) in [6, 6.07) is 6.74. The largest absolute Gasteiger partial charge is 0.383 e. The lowest BCUT2D eigenvalue weighted by molar-refractivity contribution is 0.161. The van der Waals surface area contributed by atoms with Gasteiger partial charge in [0.1, 0.15) is 5.82 Å². The van der Waals surface area contributed by atoms with Crippen molar-refractivity contribution >= 4 is 5.96 Å². The van der Waals surface area contributed by atoms with Crippen LogP contribution in [-0.4, -0.2) is 58.3 Å². The van der Waals surface area contributed by atoms with Crippen LogP contribution in [0, 0.1) is 5.82 Å². The fourth-order valence-electron chi connectivity index (χ4n) is 1.96. The molecule has 0 aliphatic rings. The lowest BCUT2D eigenvalue weighted by Crippen LogP contribution is -2.38. The Kier molecular flexibility index (Phi) is 9.18. The number of aliphatic imine (C=N–C) groups is 1. The van der Waals surface area contributed by atoms with Crippen molar-refractivity contribution in [2.24, 2.45) is 4.99 Å². The van der Waals surface area contributed by atoms with Gasteiger partial charge in [0, 0.05) is 39.4 Å². The van der Waals surface area contributed by atoms with Gasteiger partial charge in [-0.15, -0.1) is 0 Å². The van der Waals surface area contributed by atoms with Crippen molar-refractivity contribution in [2.75, 3.05) is 47.4 Å². The van der Waals surface area contributed by atoms with Crippen molar-refractivity contribution in [1.29, 1.82) is 0 Å². The number of nitrogens with zero attached hydrogens (tertiary/aromatic N) is 2. The topological polar surface area (TPSA) is 48.9 Å². The van der Waals surface area contributed by atoms with Crippen LogP contribution in [0.5, 0.6) is 0 Å². The molecule has 5 nitrogen and oxygen atoms in total. The number of methoxy groups -OCH3 is 1. The first kappa shape index (κ1) is 18.4. The predicted molar refractivity (Wildman–Crippen MR) is 88.6 cm³/mol. The SMILES string of the molecule is CN=C(NCCCN(C)CCOC)NCc1ccccc1F. The zero-order valence-electron chi connectivity index (χ0n) is 13.7. The highest BCUT2D eigenvalue weighted by molar-refractivity contribution is 5.79. The van der Waals surface area contributed by atoms with Crippen LogP contribution >= 0.6 is 0 Å². The van der Waals surface area contributed by atoms with Gasteiger partial charge in [-0.1, -0.05) is 18.2 Å².